The van der Waals surface area contributed by atoms with Gasteiger partial charge >= 0.3 is 0 Å². The molecule has 1 atom stereocenters. The van der Waals surface area contributed by atoms with Gasteiger partial charge in [0.15, 0.2) is 0 Å². The van der Waals surface area contributed by atoms with Gasteiger partial charge in [-0.3, -0.25) is 4.79 Å². The fourth-order valence-corrected chi connectivity index (χ4v) is 2.02. The van der Waals surface area contributed by atoms with E-state index >= 15 is 0 Å². The van der Waals surface area contributed by atoms with E-state index in [0.29, 0.717) is 12.8 Å². The van der Waals surface area contributed by atoms with Crippen LogP contribution in [0.15, 0.2) is 54.6 Å². The third kappa shape index (κ3) is 3.66. The first-order valence-electron chi connectivity index (χ1n) is 6.36. The Morgan fingerprint density at radius 1 is 0.947 bits per heavy atom. The van der Waals surface area contributed by atoms with Gasteiger partial charge in [-0.15, -0.1) is 0 Å². The number of rotatable bonds is 5. The van der Waals surface area contributed by atoms with Crippen LogP contribution in [0.1, 0.15) is 24.4 Å². The van der Waals surface area contributed by atoms with Crippen LogP contribution >= 0.6 is 0 Å². The van der Waals surface area contributed by atoms with Crippen molar-refractivity contribution < 1.29 is 4.79 Å². The van der Waals surface area contributed by atoms with E-state index in [1.807, 2.05) is 30.3 Å². The molecule has 0 radical (unpaired) electrons. The van der Waals surface area contributed by atoms with Gasteiger partial charge in [0.05, 0.1) is 0 Å². The minimum Gasteiger partial charge on any atom is -0.370 e. The van der Waals surface area contributed by atoms with Crippen molar-refractivity contribution in [1.29, 1.82) is 0 Å². The molecule has 4 N–H and O–H groups in total. The van der Waals surface area contributed by atoms with Crippen LogP contribution in [0, 0.1) is 0 Å². The number of carbonyl (C=O) groups excluding carboxylic acids is 1. The lowest BCUT2D eigenvalue weighted by Crippen LogP contribution is -2.16. The highest BCUT2D eigenvalue weighted by molar-refractivity contribution is 5.73. The number of primary amides is 1. The van der Waals surface area contributed by atoms with Crippen LogP contribution in [-0.4, -0.2) is 5.91 Å². The maximum atomic E-state index is 10.7. The van der Waals surface area contributed by atoms with Gasteiger partial charge < -0.3 is 11.5 Å². The maximum Gasteiger partial charge on any atom is 0.217 e. The summed E-state index contributed by atoms with van der Waals surface area (Å²) in [4.78, 5) is 10.7. The summed E-state index contributed by atoms with van der Waals surface area (Å²) in [6.07, 6.45) is 0.904. The molecule has 2 aromatic rings. The number of carbonyl (C=O) groups is 1. The van der Waals surface area contributed by atoms with Gasteiger partial charge in [-0.25, -0.2) is 0 Å². The normalized spacial score (nSPS) is 12.1. The van der Waals surface area contributed by atoms with E-state index in [9.17, 15) is 4.79 Å². The summed E-state index contributed by atoms with van der Waals surface area (Å²) in [5.74, 6) is -0.309. The third-order valence-electron chi connectivity index (χ3n) is 3.15. The minimum atomic E-state index is -0.309. The first kappa shape index (κ1) is 13.3. The average molecular weight is 254 g/mol. The van der Waals surface area contributed by atoms with Crippen molar-refractivity contribution in [3.63, 3.8) is 0 Å². The molecule has 0 saturated carbocycles. The molecule has 0 heterocycles. The summed E-state index contributed by atoms with van der Waals surface area (Å²) in [6.45, 7) is 0. The summed E-state index contributed by atoms with van der Waals surface area (Å²) < 4.78 is 0. The lowest BCUT2D eigenvalue weighted by molar-refractivity contribution is -0.118. The van der Waals surface area contributed by atoms with Crippen molar-refractivity contribution in [3.05, 3.63) is 60.2 Å². The second-order valence-corrected chi connectivity index (χ2v) is 4.60. The zero-order valence-corrected chi connectivity index (χ0v) is 10.8. The Morgan fingerprint density at radius 2 is 1.53 bits per heavy atom. The van der Waals surface area contributed by atoms with Crippen molar-refractivity contribution >= 4 is 5.91 Å². The lowest BCUT2D eigenvalue weighted by Gasteiger charge is -2.11. The number of benzene rings is 2. The summed E-state index contributed by atoms with van der Waals surface area (Å²) in [5.41, 5.74) is 14.5. The smallest absolute Gasteiger partial charge is 0.217 e. The van der Waals surface area contributed by atoms with Gasteiger partial charge in [0.1, 0.15) is 0 Å². The van der Waals surface area contributed by atoms with Crippen molar-refractivity contribution in [2.45, 2.75) is 18.9 Å². The predicted octanol–water partition coefficient (Wildman–Crippen LogP) is 2.62. The highest BCUT2D eigenvalue weighted by Gasteiger charge is 2.07. The topological polar surface area (TPSA) is 69.1 Å². The van der Waals surface area contributed by atoms with Crippen LogP contribution < -0.4 is 11.5 Å². The largest absolute Gasteiger partial charge is 0.370 e. The van der Waals surface area contributed by atoms with Gasteiger partial charge in [0.2, 0.25) is 5.91 Å². The lowest BCUT2D eigenvalue weighted by atomic mass is 9.99. The zero-order valence-electron chi connectivity index (χ0n) is 10.8. The molecule has 19 heavy (non-hydrogen) atoms. The molecular formula is C16H18N2O. The first-order chi connectivity index (χ1) is 9.16. The van der Waals surface area contributed by atoms with Crippen molar-refractivity contribution in [2.24, 2.45) is 11.5 Å². The van der Waals surface area contributed by atoms with Crippen molar-refractivity contribution in [2.75, 3.05) is 0 Å². The first-order valence-corrected chi connectivity index (χ1v) is 6.36. The Labute approximate surface area is 113 Å². The fraction of sp³-hybridized carbons (Fsp3) is 0.188. The highest BCUT2D eigenvalue weighted by atomic mass is 16.1. The van der Waals surface area contributed by atoms with E-state index in [1.54, 1.807) is 0 Å². The molecule has 0 aromatic heterocycles. The second-order valence-electron chi connectivity index (χ2n) is 4.60. The fourth-order valence-electron chi connectivity index (χ4n) is 2.02. The van der Waals surface area contributed by atoms with Crippen LogP contribution in [0.3, 0.4) is 0 Å². The molecule has 0 spiro atoms. The molecule has 1 amide bonds. The van der Waals surface area contributed by atoms with Crippen LogP contribution in [0.4, 0.5) is 0 Å². The van der Waals surface area contributed by atoms with E-state index in [1.165, 1.54) is 5.56 Å². The molecule has 0 aliphatic carbocycles. The van der Waals surface area contributed by atoms with E-state index in [0.717, 1.165) is 11.1 Å². The molecule has 0 aliphatic heterocycles. The molecule has 0 fully saturated rings. The Morgan fingerprint density at radius 3 is 2.11 bits per heavy atom. The average Bonchev–Trinajstić information content (AvgIpc) is 2.46. The van der Waals surface area contributed by atoms with Gasteiger partial charge in [-0.2, -0.15) is 0 Å². The molecule has 0 aliphatic rings. The van der Waals surface area contributed by atoms with Crippen LogP contribution in [0.25, 0.3) is 11.1 Å². The molecule has 0 saturated heterocycles. The van der Waals surface area contributed by atoms with Crippen LogP contribution in [0.5, 0.6) is 0 Å². The van der Waals surface area contributed by atoms with E-state index in [-0.39, 0.29) is 11.9 Å². The highest BCUT2D eigenvalue weighted by Crippen LogP contribution is 2.22. The molecule has 98 valence electrons. The van der Waals surface area contributed by atoms with Gasteiger partial charge in [0.25, 0.3) is 0 Å². The summed E-state index contributed by atoms with van der Waals surface area (Å²) in [6, 6.07) is 18.1. The van der Waals surface area contributed by atoms with Crippen LogP contribution in [-0.2, 0) is 4.79 Å². The summed E-state index contributed by atoms with van der Waals surface area (Å²) >= 11 is 0. The molecule has 1 unspecified atom stereocenters. The van der Waals surface area contributed by atoms with Crippen molar-refractivity contribution in [1.82, 2.24) is 0 Å². The summed E-state index contributed by atoms with van der Waals surface area (Å²) in [5, 5.41) is 0. The molecule has 3 heteroatoms. The SMILES string of the molecule is NC(=O)CCC(N)c1ccc(-c2ccccc2)cc1. The predicted molar refractivity (Wildman–Crippen MR) is 77.2 cm³/mol. The Hall–Kier alpha value is -2.13. The second kappa shape index (κ2) is 6.16. The Balaban J connectivity index is 2.08. The molecule has 2 rings (SSSR count). The molecule has 0 bridgehead atoms. The number of nitrogens with two attached hydrogens (primary N) is 2. The molecule has 3 nitrogen and oxygen atoms in total. The van der Waals surface area contributed by atoms with Crippen LogP contribution in [0.2, 0.25) is 0 Å². The van der Waals surface area contributed by atoms with E-state index in [2.05, 4.69) is 24.3 Å². The van der Waals surface area contributed by atoms with E-state index < -0.39 is 0 Å². The van der Waals surface area contributed by atoms with Gasteiger partial charge in [-0.1, -0.05) is 54.6 Å². The number of amides is 1. The van der Waals surface area contributed by atoms with Crippen molar-refractivity contribution in [3.8, 4) is 11.1 Å². The molecular weight excluding hydrogens is 236 g/mol. The Bertz CT molecular complexity index is 534. The minimum absolute atomic E-state index is 0.141. The quantitative estimate of drug-likeness (QED) is 0.861. The van der Waals surface area contributed by atoms with E-state index in [4.69, 9.17) is 11.5 Å². The van der Waals surface area contributed by atoms with Gasteiger partial charge in [0, 0.05) is 12.5 Å². The maximum absolute atomic E-state index is 10.7. The number of hydrogen-bond acceptors (Lipinski definition) is 2. The molecule has 2 aromatic carbocycles. The summed E-state index contributed by atoms with van der Waals surface area (Å²) in [7, 11) is 0. The zero-order chi connectivity index (χ0) is 13.7. The third-order valence-corrected chi connectivity index (χ3v) is 3.15. The van der Waals surface area contributed by atoms with Gasteiger partial charge in [-0.05, 0) is 23.1 Å². The number of hydrogen-bond donors (Lipinski definition) is 2. The standard InChI is InChI=1S/C16H18N2O/c17-15(10-11-16(18)19)14-8-6-13(7-9-14)12-4-2-1-3-5-12/h1-9,15H,10-11,17H2,(H2,18,19). The monoisotopic (exact) mass is 254 g/mol. The Kier molecular flexibility index (Phi) is 4.31.